The van der Waals surface area contributed by atoms with Crippen molar-refractivity contribution in [1.82, 2.24) is 20.3 Å². The minimum absolute atomic E-state index is 0.106. The molecule has 1 aromatic carbocycles. The Morgan fingerprint density at radius 2 is 1.85 bits per heavy atom. The number of nitrogens with one attached hydrogen (secondary N) is 1. The van der Waals surface area contributed by atoms with Gasteiger partial charge in [0.1, 0.15) is 10.8 Å². The Morgan fingerprint density at radius 1 is 1.12 bits per heavy atom. The van der Waals surface area contributed by atoms with Crippen molar-refractivity contribution >= 4 is 34.2 Å². The van der Waals surface area contributed by atoms with Crippen LogP contribution in [-0.2, 0) is 0 Å². The van der Waals surface area contributed by atoms with Crippen LogP contribution >= 0.6 is 11.6 Å². The van der Waals surface area contributed by atoms with Gasteiger partial charge in [0.15, 0.2) is 0 Å². The maximum Gasteiger partial charge on any atom is 0.270 e. The first-order chi connectivity index (χ1) is 12.7. The van der Waals surface area contributed by atoms with Crippen LogP contribution in [0.2, 0.25) is 5.15 Å². The molecule has 1 aliphatic rings. The van der Waals surface area contributed by atoms with Gasteiger partial charge >= 0.3 is 0 Å². The minimum Gasteiger partial charge on any atom is -0.348 e. The summed E-state index contributed by atoms with van der Waals surface area (Å²) in [4.78, 5) is 27.5. The molecule has 0 radical (unpaired) electrons. The molecule has 1 saturated heterocycles. The smallest absolute Gasteiger partial charge is 0.270 e. The molecule has 0 spiro atoms. The van der Waals surface area contributed by atoms with E-state index in [4.69, 9.17) is 11.6 Å². The predicted octanol–water partition coefficient (Wildman–Crippen LogP) is 3.08. The van der Waals surface area contributed by atoms with Gasteiger partial charge in [-0.25, -0.2) is 15.0 Å². The molecule has 0 aliphatic carbocycles. The van der Waals surface area contributed by atoms with Gasteiger partial charge in [-0.3, -0.25) is 4.79 Å². The molecule has 2 aromatic heterocycles. The SMILES string of the molecule is O=C(NC1CCN(c2ncccn2)CC1)c1cc2ccccc2c(Cl)n1. The van der Waals surface area contributed by atoms with Crippen LogP contribution in [-0.4, -0.2) is 40.0 Å². The number of nitrogens with zero attached hydrogens (tertiary/aromatic N) is 4. The fourth-order valence-electron chi connectivity index (χ4n) is 3.21. The lowest BCUT2D eigenvalue weighted by Gasteiger charge is -2.32. The van der Waals surface area contributed by atoms with Gasteiger partial charge in [-0.15, -0.1) is 0 Å². The maximum atomic E-state index is 12.6. The number of amides is 1. The van der Waals surface area contributed by atoms with Crippen LogP contribution in [0.25, 0.3) is 10.8 Å². The summed E-state index contributed by atoms with van der Waals surface area (Å²) in [6.45, 7) is 1.61. The van der Waals surface area contributed by atoms with Crippen molar-refractivity contribution in [1.29, 1.82) is 0 Å². The molecular weight excluding hydrogens is 350 g/mol. The molecule has 0 unspecified atom stereocenters. The van der Waals surface area contributed by atoms with E-state index in [9.17, 15) is 4.79 Å². The number of pyridine rings is 1. The zero-order valence-corrected chi connectivity index (χ0v) is 14.9. The number of hydrogen-bond acceptors (Lipinski definition) is 5. The van der Waals surface area contributed by atoms with E-state index in [0.29, 0.717) is 10.8 Å². The van der Waals surface area contributed by atoms with Crippen LogP contribution in [0.15, 0.2) is 48.8 Å². The summed E-state index contributed by atoms with van der Waals surface area (Å²) in [6.07, 6.45) is 5.16. The Balaban J connectivity index is 1.41. The lowest BCUT2D eigenvalue weighted by molar-refractivity contribution is 0.0926. The van der Waals surface area contributed by atoms with Gasteiger partial charge in [0.25, 0.3) is 5.91 Å². The topological polar surface area (TPSA) is 71.0 Å². The summed E-state index contributed by atoms with van der Waals surface area (Å²) in [5.41, 5.74) is 0.350. The number of carbonyl (C=O) groups excluding carboxylic acids is 1. The molecule has 0 saturated carbocycles. The van der Waals surface area contributed by atoms with E-state index >= 15 is 0 Å². The molecular formula is C19H18ClN5O. The third-order valence-corrected chi connectivity index (χ3v) is 4.88. The number of benzene rings is 1. The molecule has 1 aliphatic heterocycles. The predicted molar refractivity (Wildman–Crippen MR) is 101 cm³/mol. The van der Waals surface area contributed by atoms with E-state index in [1.54, 1.807) is 24.5 Å². The number of fused-ring (bicyclic) bond motifs is 1. The van der Waals surface area contributed by atoms with Crippen molar-refractivity contribution in [3.05, 3.63) is 59.6 Å². The van der Waals surface area contributed by atoms with E-state index in [1.165, 1.54) is 0 Å². The first-order valence-corrected chi connectivity index (χ1v) is 8.96. The number of halogens is 1. The van der Waals surface area contributed by atoms with E-state index < -0.39 is 0 Å². The van der Waals surface area contributed by atoms with Crippen molar-refractivity contribution in [3.63, 3.8) is 0 Å². The quantitative estimate of drug-likeness (QED) is 0.720. The average molecular weight is 368 g/mol. The molecule has 3 heterocycles. The van der Waals surface area contributed by atoms with Crippen molar-refractivity contribution < 1.29 is 4.79 Å². The van der Waals surface area contributed by atoms with Crippen molar-refractivity contribution in [2.75, 3.05) is 18.0 Å². The molecule has 0 bridgehead atoms. The zero-order chi connectivity index (χ0) is 17.9. The van der Waals surface area contributed by atoms with Gasteiger partial charge in [0.2, 0.25) is 5.95 Å². The van der Waals surface area contributed by atoms with Gasteiger partial charge in [-0.05, 0) is 30.4 Å². The largest absolute Gasteiger partial charge is 0.348 e. The van der Waals surface area contributed by atoms with Crippen LogP contribution in [0, 0.1) is 0 Å². The Kier molecular flexibility index (Phi) is 4.67. The molecule has 6 nitrogen and oxygen atoms in total. The molecule has 3 aromatic rings. The van der Waals surface area contributed by atoms with Crippen molar-refractivity contribution in [3.8, 4) is 0 Å². The minimum atomic E-state index is -0.188. The molecule has 1 fully saturated rings. The average Bonchev–Trinajstić information content (AvgIpc) is 2.69. The second-order valence-electron chi connectivity index (χ2n) is 6.30. The number of carbonyl (C=O) groups is 1. The second kappa shape index (κ2) is 7.25. The van der Waals surface area contributed by atoms with Crippen LogP contribution in [0.3, 0.4) is 0 Å². The first kappa shape index (κ1) is 16.7. The summed E-state index contributed by atoms with van der Waals surface area (Å²) in [5.74, 6) is 0.548. The molecule has 132 valence electrons. The van der Waals surface area contributed by atoms with E-state index in [-0.39, 0.29) is 11.9 Å². The molecule has 26 heavy (non-hydrogen) atoms. The summed E-state index contributed by atoms with van der Waals surface area (Å²) in [5, 5.41) is 5.18. The zero-order valence-electron chi connectivity index (χ0n) is 14.1. The normalized spacial score (nSPS) is 15.2. The van der Waals surface area contributed by atoms with Crippen molar-refractivity contribution in [2.45, 2.75) is 18.9 Å². The fraction of sp³-hybridized carbons (Fsp3) is 0.263. The van der Waals surface area contributed by atoms with E-state index in [1.807, 2.05) is 24.3 Å². The van der Waals surface area contributed by atoms with Crippen LogP contribution in [0.4, 0.5) is 5.95 Å². The lowest BCUT2D eigenvalue weighted by atomic mass is 10.0. The van der Waals surface area contributed by atoms with Gasteiger partial charge < -0.3 is 10.2 Å². The number of piperidine rings is 1. The summed E-state index contributed by atoms with van der Waals surface area (Å²) >= 11 is 6.22. The number of hydrogen-bond donors (Lipinski definition) is 1. The van der Waals surface area contributed by atoms with Crippen LogP contribution in [0.1, 0.15) is 23.3 Å². The lowest BCUT2D eigenvalue weighted by Crippen LogP contribution is -2.45. The molecule has 4 rings (SSSR count). The maximum absolute atomic E-state index is 12.6. The molecule has 1 amide bonds. The fourth-order valence-corrected chi connectivity index (χ4v) is 3.47. The van der Waals surface area contributed by atoms with E-state index in [0.717, 1.165) is 42.7 Å². The number of anilines is 1. The highest BCUT2D eigenvalue weighted by Crippen LogP contribution is 2.22. The number of aromatic nitrogens is 3. The summed E-state index contributed by atoms with van der Waals surface area (Å²) in [6, 6.07) is 11.3. The van der Waals surface area contributed by atoms with Crippen LogP contribution < -0.4 is 10.2 Å². The third-order valence-electron chi connectivity index (χ3n) is 4.59. The standard InChI is InChI=1S/C19H18ClN5O/c20-17-15-5-2-1-4-13(15)12-16(24-17)18(26)23-14-6-10-25(11-7-14)19-21-8-3-9-22-19/h1-5,8-9,12,14H,6-7,10-11H2,(H,23,26). The van der Waals surface area contributed by atoms with Crippen LogP contribution in [0.5, 0.6) is 0 Å². The van der Waals surface area contributed by atoms with Gasteiger partial charge in [0.05, 0.1) is 0 Å². The Bertz CT molecular complexity index is 926. The molecule has 0 atom stereocenters. The Morgan fingerprint density at radius 3 is 2.62 bits per heavy atom. The first-order valence-electron chi connectivity index (χ1n) is 8.59. The second-order valence-corrected chi connectivity index (χ2v) is 6.66. The monoisotopic (exact) mass is 367 g/mol. The summed E-state index contributed by atoms with van der Waals surface area (Å²) < 4.78 is 0. The molecule has 1 N–H and O–H groups in total. The highest BCUT2D eigenvalue weighted by molar-refractivity contribution is 6.34. The Labute approximate surface area is 156 Å². The Hall–Kier alpha value is -2.73. The highest BCUT2D eigenvalue weighted by Gasteiger charge is 2.23. The highest BCUT2D eigenvalue weighted by atomic mass is 35.5. The van der Waals surface area contributed by atoms with Gasteiger partial charge in [-0.2, -0.15) is 0 Å². The third kappa shape index (κ3) is 3.46. The van der Waals surface area contributed by atoms with Gasteiger partial charge in [0, 0.05) is 36.9 Å². The molecule has 7 heteroatoms. The van der Waals surface area contributed by atoms with Gasteiger partial charge in [-0.1, -0.05) is 35.9 Å². The summed E-state index contributed by atoms with van der Waals surface area (Å²) in [7, 11) is 0. The van der Waals surface area contributed by atoms with E-state index in [2.05, 4.69) is 25.2 Å². The van der Waals surface area contributed by atoms with Crippen molar-refractivity contribution in [2.24, 2.45) is 0 Å². The number of rotatable bonds is 3.